The van der Waals surface area contributed by atoms with E-state index in [-0.39, 0.29) is 0 Å². The maximum atomic E-state index is 6.55. The molecule has 1 nitrogen and oxygen atoms in total. The third-order valence-corrected chi connectivity index (χ3v) is 8.98. The van der Waals surface area contributed by atoms with Gasteiger partial charge in [0.1, 0.15) is 11.2 Å². The number of furan rings is 1. The zero-order valence-corrected chi connectivity index (χ0v) is 21.7. The van der Waals surface area contributed by atoms with Crippen LogP contribution in [0.5, 0.6) is 0 Å². The molecule has 0 N–H and O–H groups in total. The van der Waals surface area contributed by atoms with Crippen molar-refractivity contribution in [1.29, 1.82) is 0 Å². The Morgan fingerprint density at radius 3 is 2.08 bits per heavy atom. The molecule has 0 bridgehead atoms. The highest BCUT2D eigenvalue weighted by atomic mass is 35.5. The third kappa shape index (κ3) is 2.56. The van der Waals surface area contributed by atoms with E-state index in [0.717, 1.165) is 27.1 Å². The van der Waals surface area contributed by atoms with Crippen LogP contribution in [-0.4, -0.2) is 0 Å². The number of hydrogen-bond donors (Lipinski definition) is 0. The summed E-state index contributed by atoms with van der Waals surface area (Å²) in [4.78, 5) is 0. The van der Waals surface area contributed by atoms with Gasteiger partial charge in [0.05, 0.1) is 5.41 Å². The number of para-hydroxylation sites is 1. The van der Waals surface area contributed by atoms with E-state index in [2.05, 4.69) is 109 Å². The molecule has 2 aliphatic carbocycles. The van der Waals surface area contributed by atoms with Gasteiger partial charge in [-0.05, 0) is 79.9 Å². The maximum absolute atomic E-state index is 6.55. The molecule has 6 aromatic carbocycles. The number of benzene rings is 6. The fraction of sp³-hybridized carbons (Fsp3) is 0.0270. The Morgan fingerprint density at radius 2 is 1.21 bits per heavy atom. The molecule has 1 atom stereocenters. The topological polar surface area (TPSA) is 13.1 Å². The van der Waals surface area contributed by atoms with Crippen LogP contribution in [0.1, 0.15) is 22.3 Å². The summed E-state index contributed by atoms with van der Waals surface area (Å²) in [6.45, 7) is 0. The zero-order valence-electron chi connectivity index (χ0n) is 20.9. The summed E-state index contributed by atoms with van der Waals surface area (Å²) in [6.07, 6.45) is 0. The van der Waals surface area contributed by atoms with Gasteiger partial charge in [-0.3, -0.25) is 0 Å². The predicted octanol–water partition coefficient (Wildman–Crippen LogP) is 10.2. The number of fused-ring (bicyclic) bond motifs is 14. The van der Waals surface area contributed by atoms with Gasteiger partial charge in [-0.25, -0.2) is 0 Å². The van der Waals surface area contributed by atoms with E-state index in [1.807, 2.05) is 18.2 Å². The van der Waals surface area contributed by atoms with Crippen LogP contribution in [0.2, 0.25) is 5.02 Å². The molecule has 39 heavy (non-hydrogen) atoms. The highest BCUT2D eigenvalue weighted by Gasteiger charge is 2.53. The van der Waals surface area contributed by atoms with Crippen molar-refractivity contribution in [1.82, 2.24) is 0 Å². The van der Waals surface area contributed by atoms with Gasteiger partial charge in [-0.15, -0.1) is 0 Å². The van der Waals surface area contributed by atoms with E-state index < -0.39 is 5.41 Å². The first-order valence-corrected chi connectivity index (χ1v) is 13.7. The largest absolute Gasteiger partial charge is 0.456 e. The molecule has 7 aromatic rings. The third-order valence-electron chi connectivity index (χ3n) is 8.74. The maximum Gasteiger partial charge on any atom is 0.136 e. The molecule has 0 aliphatic heterocycles. The Hall–Kier alpha value is -4.59. The summed E-state index contributed by atoms with van der Waals surface area (Å²) < 4.78 is 6.37. The zero-order chi connectivity index (χ0) is 25.7. The summed E-state index contributed by atoms with van der Waals surface area (Å²) in [5, 5.41) is 3.10. The Morgan fingerprint density at radius 1 is 0.513 bits per heavy atom. The molecule has 0 fully saturated rings. The summed E-state index contributed by atoms with van der Waals surface area (Å²) >= 11 is 6.55. The highest BCUT2D eigenvalue weighted by Crippen LogP contribution is 2.65. The molecule has 0 amide bonds. The first-order chi connectivity index (χ1) is 19.3. The lowest BCUT2D eigenvalue weighted by atomic mass is 9.68. The van der Waals surface area contributed by atoms with Crippen molar-refractivity contribution >= 4 is 33.5 Å². The van der Waals surface area contributed by atoms with Crippen molar-refractivity contribution in [2.75, 3.05) is 0 Å². The fourth-order valence-electron chi connectivity index (χ4n) is 7.40. The van der Waals surface area contributed by atoms with Gasteiger partial charge in [-0.2, -0.15) is 0 Å². The van der Waals surface area contributed by atoms with E-state index in [0.29, 0.717) is 0 Å². The normalized spacial score (nSPS) is 16.4. The van der Waals surface area contributed by atoms with Crippen LogP contribution in [0.4, 0.5) is 0 Å². The quantitative estimate of drug-likeness (QED) is 0.211. The molecule has 0 radical (unpaired) electrons. The van der Waals surface area contributed by atoms with Crippen molar-refractivity contribution < 1.29 is 4.42 Å². The standard InChI is InChI=1S/C37H21ClO/c38-23-10-7-9-22(21-23)24-14-8-15-26-25-11-1-4-16-29(25)37(36(24)26)30-17-5-2-12-27(30)34-31(37)19-20-33-35(34)28-13-3-6-18-32(28)39-33/h1-21H. The molecule has 2 heteroatoms. The Balaban J connectivity index is 1.52. The molecular formula is C37H21ClO. The summed E-state index contributed by atoms with van der Waals surface area (Å²) in [6, 6.07) is 45.7. The minimum atomic E-state index is -0.455. The smallest absolute Gasteiger partial charge is 0.136 e. The predicted molar refractivity (Wildman–Crippen MR) is 160 cm³/mol. The van der Waals surface area contributed by atoms with E-state index in [9.17, 15) is 0 Å². The van der Waals surface area contributed by atoms with Crippen LogP contribution >= 0.6 is 11.6 Å². The lowest BCUT2D eigenvalue weighted by Crippen LogP contribution is -2.26. The molecule has 1 heterocycles. The number of rotatable bonds is 1. The Kier molecular flexibility index (Phi) is 4.11. The van der Waals surface area contributed by atoms with Crippen molar-refractivity contribution in [3.8, 4) is 33.4 Å². The van der Waals surface area contributed by atoms with E-state index in [1.54, 1.807) is 0 Å². The van der Waals surface area contributed by atoms with Gasteiger partial charge in [0, 0.05) is 15.8 Å². The minimum absolute atomic E-state index is 0.455. The van der Waals surface area contributed by atoms with Crippen molar-refractivity contribution in [2.24, 2.45) is 0 Å². The second kappa shape index (κ2) is 7.50. The van der Waals surface area contributed by atoms with Gasteiger partial charge < -0.3 is 4.42 Å². The number of hydrogen-bond acceptors (Lipinski definition) is 1. The van der Waals surface area contributed by atoms with Gasteiger partial charge in [0.25, 0.3) is 0 Å². The Labute approximate surface area is 230 Å². The summed E-state index contributed by atoms with van der Waals surface area (Å²) in [5.74, 6) is 0. The molecule has 182 valence electrons. The molecule has 2 aliphatic rings. The molecule has 1 spiro atoms. The van der Waals surface area contributed by atoms with Crippen LogP contribution in [0.3, 0.4) is 0 Å². The second-order valence-electron chi connectivity index (χ2n) is 10.5. The van der Waals surface area contributed by atoms with Crippen LogP contribution in [0.25, 0.3) is 55.3 Å². The van der Waals surface area contributed by atoms with E-state index in [1.165, 1.54) is 55.5 Å². The minimum Gasteiger partial charge on any atom is -0.456 e. The van der Waals surface area contributed by atoms with Crippen LogP contribution in [0.15, 0.2) is 132 Å². The fourth-order valence-corrected chi connectivity index (χ4v) is 7.59. The van der Waals surface area contributed by atoms with Crippen molar-refractivity contribution in [2.45, 2.75) is 5.41 Å². The molecular weight excluding hydrogens is 496 g/mol. The average molecular weight is 517 g/mol. The summed E-state index contributed by atoms with van der Waals surface area (Å²) in [7, 11) is 0. The van der Waals surface area contributed by atoms with Crippen LogP contribution < -0.4 is 0 Å². The first-order valence-electron chi connectivity index (χ1n) is 13.3. The van der Waals surface area contributed by atoms with Crippen molar-refractivity contribution in [3.05, 3.63) is 155 Å². The van der Waals surface area contributed by atoms with Gasteiger partial charge in [0.2, 0.25) is 0 Å². The molecule has 9 rings (SSSR count). The van der Waals surface area contributed by atoms with Crippen molar-refractivity contribution in [3.63, 3.8) is 0 Å². The highest BCUT2D eigenvalue weighted by molar-refractivity contribution is 6.30. The van der Waals surface area contributed by atoms with E-state index >= 15 is 0 Å². The lowest BCUT2D eigenvalue weighted by molar-refractivity contribution is 0.668. The van der Waals surface area contributed by atoms with Gasteiger partial charge >= 0.3 is 0 Å². The van der Waals surface area contributed by atoms with Crippen LogP contribution in [-0.2, 0) is 5.41 Å². The van der Waals surface area contributed by atoms with Gasteiger partial charge in [0.15, 0.2) is 0 Å². The monoisotopic (exact) mass is 516 g/mol. The molecule has 0 saturated carbocycles. The number of halogens is 1. The van der Waals surface area contributed by atoms with Gasteiger partial charge in [-0.1, -0.05) is 115 Å². The van der Waals surface area contributed by atoms with Crippen LogP contribution in [0, 0.1) is 0 Å². The van der Waals surface area contributed by atoms with E-state index in [4.69, 9.17) is 16.0 Å². The first kappa shape index (κ1) is 21.4. The SMILES string of the molecule is Clc1cccc(-c2cccc3c2C2(c4ccccc4-3)c3ccccc3-c3c2ccc2oc4ccccc4c32)c1. The average Bonchev–Trinajstić information content (AvgIpc) is 3.61. The molecule has 0 saturated heterocycles. The molecule has 1 aromatic heterocycles. The molecule has 1 unspecified atom stereocenters. The lowest BCUT2D eigenvalue weighted by Gasteiger charge is -2.32. The second-order valence-corrected chi connectivity index (χ2v) is 11.0. The Bertz CT molecular complexity index is 2150. The summed E-state index contributed by atoms with van der Waals surface area (Å²) in [5.41, 5.74) is 14.1.